The number of fused-ring (bicyclic) bond motifs is 3. The summed E-state index contributed by atoms with van der Waals surface area (Å²) in [6.45, 7) is 2.00. The molecule has 3 rings (SSSR count). The molecule has 0 amide bonds. The first-order valence-corrected chi connectivity index (χ1v) is 8.81. The van der Waals surface area contributed by atoms with Crippen molar-refractivity contribution >= 4 is 11.9 Å². The van der Waals surface area contributed by atoms with Crippen LogP contribution >= 0.6 is 0 Å². The number of esters is 1. The van der Waals surface area contributed by atoms with Crippen molar-refractivity contribution in [2.75, 3.05) is 6.61 Å². The van der Waals surface area contributed by atoms with Gasteiger partial charge in [-0.15, -0.1) is 0 Å². The van der Waals surface area contributed by atoms with Crippen molar-refractivity contribution in [3.05, 3.63) is 59.7 Å². The highest BCUT2D eigenvalue weighted by Gasteiger charge is 2.30. The van der Waals surface area contributed by atoms with E-state index in [1.807, 2.05) is 24.3 Å². The molecule has 0 heterocycles. The molecule has 5 heteroatoms. The van der Waals surface area contributed by atoms with E-state index in [0.29, 0.717) is 6.42 Å². The maximum Gasteiger partial charge on any atom is 0.323 e. The number of hydrogen-bond donors (Lipinski definition) is 2. The smallest absolute Gasteiger partial charge is 0.323 e. The van der Waals surface area contributed by atoms with Crippen LogP contribution in [0.3, 0.4) is 0 Å². The second kappa shape index (κ2) is 7.70. The molecule has 0 saturated heterocycles. The lowest BCUT2D eigenvalue weighted by Crippen LogP contribution is -2.39. The number of carboxylic acid groups (broad SMARTS) is 1. The summed E-state index contributed by atoms with van der Waals surface area (Å²) in [7, 11) is 0. The molecule has 0 radical (unpaired) electrons. The van der Waals surface area contributed by atoms with Gasteiger partial charge in [0.25, 0.3) is 0 Å². The number of nitrogens with two attached hydrogens (primary N) is 1. The summed E-state index contributed by atoms with van der Waals surface area (Å²) in [5.74, 6) is -1.63. The average molecular weight is 353 g/mol. The third-order valence-corrected chi connectivity index (χ3v) is 5.05. The van der Waals surface area contributed by atoms with E-state index in [2.05, 4.69) is 24.3 Å². The minimum atomic E-state index is -0.892. The van der Waals surface area contributed by atoms with Gasteiger partial charge in [0, 0.05) is 12.3 Å². The Balaban J connectivity index is 1.68. The quantitative estimate of drug-likeness (QED) is 0.746. The Morgan fingerprint density at radius 1 is 1.08 bits per heavy atom. The summed E-state index contributed by atoms with van der Waals surface area (Å²) >= 11 is 0. The summed E-state index contributed by atoms with van der Waals surface area (Å²) in [6, 6.07) is 15.4. The zero-order valence-corrected chi connectivity index (χ0v) is 14.7. The van der Waals surface area contributed by atoms with E-state index in [1.54, 1.807) is 6.92 Å². The second-order valence-electron chi connectivity index (χ2n) is 6.79. The van der Waals surface area contributed by atoms with Crippen LogP contribution in [-0.2, 0) is 14.3 Å². The summed E-state index contributed by atoms with van der Waals surface area (Å²) < 4.78 is 5.52. The van der Waals surface area contributed by atoms with Gasteiger partial charge in [0.2, 0.25) is 0 Å². The number of aliphatic carboxylic acids is 1. The maximum atomic E-state index is 12.3. The van der Waals surface area contributed by atoms with E-state index in [9.17, 15) is 9.59 Å². The lowest BCUT2D eigenvalue weighted by molar-refractivity contribution is -0.147. The highest BCUT2D eigenvalue weighted by Crippen LogP contribution is 2.44. The van der Waals surface area contributed by atoms with E-state index >= 15 is 0 Å². The normalized spacial score (nSPS) is 15.0. The Bertz CT molecular complexity index is 772. The molecule has 2 aromatic carbocycles. The second-order valence-corrected chi connectivity index (χ2v) is 6.79. The number of benzene rings is 2. The van der Waals surface area contributed by atoms with Crippen LogP contribution in [0.4, 0.5) is 0 Å². The van der Waals surface area contributed by atoms with Crippen LogP contribution in [0, 0.1) is 5.92 Å². The first-order chi connectivity index (χ1) is 12.5. The molecule has 0 bridgehead atoms. The van der Waals surface area contributed by atoms with Gasteiger partial charge in [0.05, 0.1) is 0 Å². The van der Waals surface area contributed by atoms with Gasteiger partial charge in [-0.2, -0.15) is 0 Å². The van der Waals surface area contributed by atoms with Gasteiger partial charge < -0.3 is 15.6 Å². The van der Waals surface area contributed by atoms with Crippen LogP contribution < -0.4 is 5.73 Å². The van der Waals surface area contributed by atoms with Crippen LogP contribution in [0.15, 0.2) is 48.5 Å². The van der Waals surface area contributed by atoms with Crippen LogP contribution in [0.25, 0.3) is 11.1 Å². The molecule has 2 atom stereocenters. The van der Waals surface area contributed by atoms with Crippen LogP contribution in [0.2, 0.25) is 0 Å². The van der Waals surface area contributed by atoms with Gasteiger partial charge in [-0.25, -0.2) is 0 Å². The standard InChI is InChI=1S/C21H23NO4/c1-13(10-11-19(23)24)20(22)21(25)26-12-18-16-8-4-2-6-14(16)15-7-3-5-9-17(15)18/h2-9,13,18,20H,10-12,22H2,1H3,(H,23,24). The molecule has 3 N–H and O–H groups in total. The van der Waals surface area contributed by atoms with Crippen molar-refractivity contribution in [1.29, 1.82) is 0 Å². The number of rotatable bonds is 7. The molecule has 2 aromatic rings. The zero-order valence-electron chi connectivity index (χ0n) is 14.7. The number of carbonyl (C=O) groups is 2. The Hall–Kier alpha value is -2.66. The van der Waals surface area contributed by atoms with Gasteiger partial charge in [0.15, 0.2) is 0 Å². The van der Waals surface area contributed by atoms with Crippen molar-refractivity contribution in [1.82, 2.24) is 0 Å². The largest absolute Gasteiger partial charge is 0.481 e. The molecular formula is C21H23NO4. The molecule has 2 unspecified atom stereocenters. The van der Waals surface area contributed by atoms with Gasteiger partial charge >= 0.3 is 11.9 Å². The fourth-order valence-corrected chi connectivity index (χ4v) is 3.46. The number of hydrogen-bond acceptors (Lipinski definition) is 4. The molecule has 1 aliphatic rings. The van der Waals surface area contributed by atoms with E-state index in [0.717, 1.165) is 11.1 Å². The maximum absolute atomic E-state index is 12.3. The Morgan fingerprint density at radius 3 is 2.15 bits per heavy atom. The molecule has 5 nitrogen and oxygen atoms in total. The average Bonchev–Trinajstić information content (AvgIpc) is 2.97. The molecule has 136 valence electrons. The van der Waals surface area contributed by atoms with E-state index in [-0.39, 0.29) is 24.9 Å². The molecule has 1 aliphatic carbocycles. The van der Waals surface area contributed by atoms with E-state index in [4.69, 9.17) is 15.6 Å². The minimum Gasteiger partial charge on any atom is -0.481 e. The molecule has 0 aliphatic heterocycles. The topological polar surface area (TPSA) is 89.6 Å². The molecular weight excluding hydrogens is 330 g/mol. The fraction of sp³-hybridized carbons (Fsp3) is 0.333. The van der Waals surface area contributed by atoms with Crippen LogP contribution in [0.5, 0.6) is 0 Å². The first-order valence-electron chi connectivity index (χ1n) is 8.81. The zero-order chi connectivity index (χ0) is 18.7. The lowest BCUT2D eigenvalue weighted by Gasteiger charge is -2.20. The molecule has 0 spiro atoms. The van der Waals surface area contributed by atoms with Gasteiger partial charge in [-0.1, -0.05) is 55.5 Å². The number of carboxylic acids is 1. The van der Waals surface area contributed by atoms with Crippen LogP contribution in [-0.4, -0.2) is 29.7 Å². The number of ether oxygens (including phenoxy) is 1. The molecule has 0 saturated carbocycles. The highest BCUT2D eigenvalue weighted by atomic mass is 16.5. The Morgan fingerprint density at radius 2 is 1.62 bits per heavy atom. The summed E-state index contributed by atoms with van der Waals surface area (Å²) in [4.78, 5) is 23.0. The fourth-order valence-electron chi connectivity index (χ4n) is 3.46. The van der Waals surface area contributed by atoms with Crippen molar-refractivity contribution in [2.45, 2.75) is 31.7 Å². The molecule has 0 fully saturated rings. The SMILES string of the molecule is CC(CCC(=O)O)C(N)C(=O)OCC1c2ccccc2-c2ccccc21. The van der Waals surface area contributed by atoms with Crippen molar-refractivity contribution < 1.29 is 19.4 Å². The van der Waals surface area contributed by atoms with E-state index < -0.39 is 18.0 Å². The predicted octanol–water partition coefficient (Wildman–Crippen LogP) is 3.17. The Kier molecular flexibility index (Phi) is 5.38. The van der Waals surface area contributed by atoms with Crippen molar-refractivity contribution in [3.63, 3.8) is 0 Å². The van der Waals surface area contributed by atoms with Gasteiger partial charge in [-0.05, 0) is 34.6 Å². The monoisotopic (exact) mass is 353 g/mol. The van der Waals surface area contributed by atoms with E-state index in [1.165, 1.54) is 11.1 Å². The van der Waals surface area contributed by atoms with Gasteiger partial charge in [-0.3, -0.25) is 9.59 Å². The summed E-state index contributed by atoms with van der Waals surface area (Å²) in [5.41, 5.74) is 10.6. The van der Waals surface area contributed by atoms with Gasteiger partial charge in [0.1, 0.15) is 12.6 Å². The lowest BCUT2D eigenvalue weighted by atomic mass is 9.96. The van der Waals surface area contributed by atoms with Crippen molar-refractivity contribution in [2.24, 2.45) is 11.7 Å². The third-order valence-electron chi connectivity index (χ3n) is 5.05. The molecule has 26 heavy (non-hydrogen) atoms. The highest BCUT2D eigenvalue weighted by molar-refractivity contribution is 5.80. The number of carbonyl (C=O) groups excluding carboxylic acids is 1. The third kappa shape index (κ3) is 3.63. The summed E-state index contributed by atoms with van der Waals surface area (Å²) in [5, 5.41) is 8.76. The van der Waals surface area contributed by atoms with Crippen molar-refractivity contribution in [3.8, 4) is 11.1 Å². The van der Waals surface area contributed by atoms with Crippen LogP contribution in [0.1, 0.15) is 36.8 Å². The Labute approximate surface area is 152 Å². The molecule has 0 aromatic heterocycles. The summed E-state index contributed by atoms with van der Waals surface area (Å²) in [6.07, 6.45) is 0.340. The minimum absolute atomic E-state index is 0.00660. The first kappa shape index (κ1) is 18.1. The predicted molar refractivity (Wildman–Crippen MR) is 98.7 cm³/mol.